The third kappa shape index (κ3) is 1.18. The van der Waals surface area contributed by atoms with Gasteiger partial charge >= 0.3 is 0 Å². The van der Waals surface area contributed by atoms with E-state index >= 15 is 0 Å². The van der Waals surface area contributed by atoms with Crippen LogP contribution in [0.2, 0.25) is 0 Å². The van der Waals surface area contributed by atoms with E-state index in [1.807, 2.05) is 25.1 Å². The highest BCUT2D eigenvalue weighted by Gasteiger charge is 1.91. The van der Waals surface area contributed by atoms with Crippen LogP contribution in [0.25, 0.3) is 6.08 Å². The fraction of sp³-hybridized carbons (Fsp3) is 0.111. The second kappa shape index (κ2) is 2.56. The second-order valence-electron chi connectivity index (χ2n) is 2.34. The SMILES string of the molecule is C=Cc1ccc(C)cc1N. The summed E-state index contributed by atoms with van der Waals surface area (Å²) >= 11 is 0. The van der Waals surface area contributed by atoms with Gasteiger partial charge in [0, 0.05) is 5.69 Å². The van der Waals surface area contributed by atoms with Crippen molar-refractivity contribution < 1.29 is 0 Å². The molecule has 0 unspecified atom stereocenters. The molecule has 10 heavy (non-hydrogen) atoms. The third-order valence-corrected chi connectivity index (χ3v) is 1.46. The van der Waals surface area contributed by atoms with Crippen LogP contribution in [0.1, 0.15) is 11.1 Å². The summed E-state index contributed by atoms with van der Waals surface area (Å²) in [5.41, 5.74) is 8.65. The lowest BCUT2D eigenvalue weighted by molar-refractivity contribution is 1.46. The van der Waals surface area contributed by atoms with Crippen molar-refractivity contribution >= 4 is 11.8 Å². The van der Waals surface area contributed by atoms with E-state index < -0.39 is 0 Å². The van der Waals surface area contributed by atoms with Crippen LogP contribution in [-0.4, -0.2) is 0 Å². The topological polar surface area (TPSA) is 26.0 Å². The molecular weight excluding hydrogens is 122 g/mol. The summed E-state index contributed by atoms with van der Waals surface area (Å²) in [6.07, 6.45) is 1.76. The summed E-state index contributed by atoms with van der Waals surface area (Å²) in [6.45, 7) is 5.66. The van der Waals surface area contributed by atoms with Crippen molar-refractivity contribution in [1.29, 1.82) is 0 Å². The van der Waals surface area contributed by atoms with E-state index in [1.54, 1.807) is 6.08 Å². The van der Waals surface area contributed by atoms with Crippen molar-refractivity contribution in [3.8, 4) is 0 Å². The summed E-state index contributed by atoms with van der Waals surface area (Å²) in [5, 5.41) is 0. The van der Waals surface area contributed by atoms with Crippen LogP contribution in [0.3, 0.4) is 0 Å². The molecule has 52 valence electrons. The van der Waals surface area contributed by atoms with Gasteiger partial charge in [-0.05, 0) is 24.1 Å². The molecule has 0 aliphatic carbocycles. The molecule has 0 radical (unpaired) electrons. The van der Waals surface area contributed by atoms with Gasteiger partial charge < -0.3 is 5.73 Å². The van der Waals surface area contributed by atoms with E-state index in [9.17, 15) is 0 Å². The fourth-order valence-electron chi connectivity index (χ4n) is 0.880. The Morgan fingerprint density at radius 2 is 2.20 bits per heavy atom. The van der Waals surface area contributed by atoms with E-state index in [-0.39, 0.29) is 0 Å². The van der Waals surface area contributed by atoms with Gasteiger partial charge in [0.2, 0.25) is 0 Å². The van der Waals surface area contributed by atoms with Gasteiger partial charge in [-0.15, -0.1) is 0 Å². The number of aryl methyl sites for hydroxylation is 1. The molecule has 1 rings (SSSR count). The van der Waals surface area contributed by atoms with Gasteiger partial charge in [0.1, 0.15) is 0 Å². The number of nitrogens with two attached hydrogens (primary N) is 1. The van der Waals surface area contributed by atoms with E-state index in [1.165, 1.54) is 5.56 Å². The Morgan fingerprint density at radius 1 is 1.50 bits per heavy atom. The molecule has 0 atom stereocenters. The average molecular weight is 133 g/mol. The van der Waals surface area contributed by atoms with Crippen molar-refractivity contribution in [3.63, 3.8) is 0 Å². The van der Waals surface area contributed by atoms with Crippen LogP contribution in [0.4, 0.5) is 5.69 Å². The first-order valence-corrected chi connectivity index (χ1v) is 3.22. The molecule has 0 aliphatic heterocycles. The van der Waals surface area contributed by atoms with E-state index in [2.05, 4.69) is 6.58 Å². The molecular formula is C9H11N. The Morgan fingerprint density at radius 3 is 2.70 bits per heavy atom. The van der Waals surface area contributed by atoms with E-state index in [0.717, 1.165) is 11.3 Å². The number of nitrogen functional groups attached to an aromatic ring is 1. The van der Waals surface area contributed by atoms with Crippen LogP contribution in [0.15, 0.2) is 24.8 Å². The minimum Gasteiger partial charge on any atom is -0.398 e. The number of hydrogen-bond acceptors (Lipinski definition) is 1. The molecule has 0 aliphatic rings. The Labute approximate surface area is 61.2 Å². The molecule has 0 saturated heterocycles. The summed E-state index contributed by atoms with van der Waals surface area (Å²) in [6, 6.07) is 5.93. The van der Waals surface area contributed by atoms with Crippen molar-refractivity contribution in [3.05, 3.63) is 35.9 Å². The Kier molecular flexibility index (Phi) is 1.76. The first-order valence-electron chi connectivity index (χ1n) is 3.22. The van der Waals surface area contributed by atoms with Crippen LogP contribution < -0.4 is 5.73 Å². The highest BCUT2D eigenvalue weighted by molar-refractivity contribution is 5.63. The van der Waals surface area contributed by atoms with Crippen molar-refractivity contribution in [1.82, 2.24) is 0 Å². The maximum Gasteiger partial charge on any atom is 0.0390 e. The molecule has 1 aromatic carbocycles. The first-order chi connectivity index (χ1) is 4.74. The van der Waals surface area contributed by atoms with Crippen molar-refractivity contribution in [2.75, 3.05) is 5.73 Å². The van der Waals surface area contributed by atoms with Gasteiger partial charge in [-0.2, -0.15) is 0 Å². The van der Waals surface area contributed by atoms with Gasteiger partial charge in [0.05, 0.1) is 0 Å². The van der Waals surface area contributed by atoms with Crippen LogP contribution in [0.5, 0.6) is 0 Å². The molecule has 1 aromatic rings. The largest absolute Gasteiger partial charge is 0.398 e. The smallest absolute Gasteiger partial charge is 0.0390 e. The summed E-state index contributed by atoms with van der Waals surface area (Å²) < 4.78 is 0. The Bertz CT molecular complexity index is 251. The molecule has 0 spiro atoms. The number of rotatable bonds is 1. The van der Waals surface area contributed by atoms with Crippen LogP contribution in [0, 0.1) is 6.92 Å². The lowest BCUT2D eigenvalue weighted by Gasteiger charge is -1.99. The third-order valence-electron chi connectivity index (χ3n) is 1.46. The molecule has 2 N–H and O–H groups in total. The zero-order chi connectivity index (χ0) is 7.56. The number of anilines is 1. The Hall–Kier alpha value is -1.24. The molecule has 0 aromatic heterocycles. The van der Waals surface area contributed by atoms with Gasteiger partial charge in [0.15, 0.2) is 0 Å². The van der Waals surface area contributed by atoms with E-state index in [4.69, 9.17) is 5.73 Å². The molecule has 1 heteroatoms. The predicted octanol–water partition coefficient (Wildman–Crippen LogP) is 2.22. The molecule has 0 fully saturated rings. The van der Waals surface area contributed by atoms with Gasteiger partial charge in [0.25, 0.3) is 0 Å². The first kappa shape index (κ1) is 6.87. The van der Waals surface area contributed by atoms with Crippen molar-refractivity contribution in [2.45, 2.75) is 6.92 Å². The summed E-state index contributed by atoms with van der Waals surface area (Å²) in [4.78, 5) is 0. The number of hydrogen-bond donors (Lipinski definition) is 1. The highest BCUT2D eigenvalue weighted by atomic mass is 14.5. The van der Waals surface area contributed by atoms with Crippen LogP contribution >= 0.6 is 0 Å². The molecule has 0 amide bonds. The van der Waals surface area contributed by atoms with Crippen LogP contribution in [-0.2, 0) is 0 Å². The second-order valence-corrected chi connectivity index (χ2v) is 2.34. The Balaban J connectivity index is 3.19. The minimum atomic E-state index is 0.801. The maximum absolute atomic E-state index is 5.66. The number of benzene rings is 1. The zero-order valence-corrected chi connectivity index (χ0v) is 6.09. The standard InChI is InChI=1S/C9H11N/c1-3-8-5-4-7(2)6-9(8)10/h3-6H,1,10H2,2H3. The normalized spacial score (nSPS) is 9.30. The van der Waals surface area contributed by atoms with Gasteiger partial charge in [-0.1, -0.05) is 24.8 Å². The maximum atomic E-state index is 5.66. The highest BCUT2D eigenvalue weighted by Crippen LogP contribution is 2.13. The zero-order valence-electron chi connectivity index (χ0n) is 6.09. The monoisotopic (exact) mass is 133 g/mol. The molecule has 1 nitrogen and oxygen atoms in total. The quantitative estimate of drug-likeness (QED) is 0.584. The van der Waals surface area contributed by atoms with E-state index in [0.29, 0.717) is 0 Å². The predicted molar refractivity (Wildman–Crippen MR) is 45.7 cm³/mol. The molecule has 0 heterocycles. The fourth-order valence-corrected chi connectivity index (χ4v) is 0.880. The lowest BCUT2D eigenvalue weighted by Crippen LogP contribution is -1.88. The molecule has 0 saturated carbocycles. The van der Waals surface area contributed by atoms with Crippen molar-refractivity contribution in [2.24, 2.45) is 0 Å². The minimum absolute atomic E-state index is 0.801. The van der Waals surface area contributed by atoms with Gasteiger partial charge in [-0.25, -0.2) is 0 Å². The summed E-state index contributed by atoms with van der Waals surface area (Å²) in [7, 11) is 0. The average Bonchev–Trinajstić information content (AvgIpc) is 1.88. The molecule has 0 bridgehead atoms. The summed E-state index contributed by atoms with van der Waals surface area (Å²) in [5.74, 6) is 0. The lowest BCUT2D eigenvalue weighted by atomic mass is 10.1. The van der Waals surface area contributed by atoms with Gasteiger partial charge in [-0.3, -0.25) is 0 Å².